The fourth-order valence-corrected chi connectivity index (χ4v) is 3.50. The maximum atomic E-state index is 12.1. The predicted molar refractivity (Wildman–Crippen MR) is 75.0 cm³/mol. The Morgan fingerprint density at radius 2 is 2.39 bits per heavy atom. The van der Waals surface area contributed by atoms with Crippen molar-refractivity contribution in [1.29, 1.82) is 0 Å². The minimum atomic E-state index is 0.282. The van der Waals surface area contributed by atoms with E-state index in [1.54, 1.807) is 11.8 Å². The highest BCUT2D eigenvalue weighted by molar-refractivity contribution is 7.99. The SMILES string of the molecule is C[C@H]1CNCCN1C(=O)CSCC1CCCCO1. The molecule has 2 rings (SSSR count). The summed E-state index contributed by atoms with van der Waals surface area (Å²) < 4.78 is 5.67. The molecule has 0 aromatic carbocycles. The molecule has 0 aromatic heterocycles. The Labute approximate surface area is 114 Å². The van der Waals surface area contributed by atoms with Crippen LogP contribution >= 0.6 is 11.8 Å². The second kappa shape index (κ2) is 7.36. The van der Waals surface area contributed by atoms with E-state index in [1.165, 1.54) is 12.8 Å². The molecule has 1 unspecified atom stereocenters. The van der Waals surface area contributed by atoms with Crippen LogP contribution in [0.3, 0.4) is 0 Å². The van der Waals surface area contributed by atoms with E-state index in [2.05, 4.69) is 12.2 Å². The number of carbonyl (C=O) groups excluding carboxylic acids is 1. The molecule has 104 valence electrons. The Kier molecular flexibility index (Phi) is 5.79. The smallest absolute Gasteiger partial charge is 0.232 e. The molecule has 1 amide bonds. The van der Waals surface area contributed by atoms with E-state index in [4.69, 9.17) is 4.74 Å². The van der Waals surface area contributed by atoms with Crippen LogP contribution in [0.1, 0.15) is 26.2 Å². The maximum Gasteiger partial charge on any atom is 0.232 e. The number of ether oxygens (including phenoxy) is 1. The minimum absolute atomic E-state index is 0.282. The fraction of sp³-hybridized carbons (Fsp3) is 0.923. The van der Waals surface area contributed by atoms with Crippen molar-refractivity contribution in [3.8, 4) is 0 Å². The molecule has 0 aromatic rings. The summed E-state index contributed by atoms with van der Waals surface area (Å²) in [6.45, 7) is 5.70. The van der Waals surface area contributed by atoms with Gasteiger partial charge in [0, 0.05) is 38.0 Å². The van der Waals surface area contributed by atoms with Gasteiger partial charge >= 0.3 is 0 Å². The molecule has 0 spiro atoms. The third-order valence-electron chi connectivity index (χ3n) is 3.62. The number of hydrogen-bond donors (Lipinski definition) is 1. The molecule has 2 aliphatic rings. The summed E-state index contributed by atoms with van der Waals surface area (Å²) >= 11 is 1.73. The first kappa shape index (κ1) is 14.2. The lowest BCUT2D eigenvalue weighted by Gasteiger charge is -2.34. The van der Waals surface area contributed by atoms with E-state index < -0.39 is 0 Å². The zero-order valence-corrected chi connectivity index (χ0v) is 12.0. The molecule has 0 saturated carbocycles. The zero-order chi connectivity index (χ0) is 12.8. The Bertz CT molecular complexity index is 270. The molecule has 18 heavy (non-hydrogen) atoms. The van der Waals surface area contributed by atoms with E-state index in [-0.39, 0.29) is 5.91 Å². The first-order chi connectivity index (χ1) is 8.77. The van der Waals surface area contributed by atoms with Gasteiger partial charge in [0.05, 0.1) is 11.9 Å². The number of carbonyl (C=O) groups is 1. The molecular weight excluding hydrogens is 248 g/mol. The lowest BCUT2D eigenvalue weighted by molar-refractivity contribution is -0.131. The van der Waals surface area contributed by atoms with Crippen molar-refractivity contribution in [3.05, 3.63) is 0 Å². The number of thioether (sulfide) groups is 1. The number of rotatable bonds is 4. The van der Waals surface area contributed by atoms with Gasteiger partial charge in [-0.25, -0.2) is 0 Å². The monoisotopic (exact) mass is 272 g/mol. The number of nitrogens with one attached hydrogen (secondary N) is 1. The van der Waals surface area contributed by atoms with Gasteiger partial charge < -0.3 is 15.0 Å². The van der Waals surface area contributed by atoms with Crippen LogP contribution in [-0.2, 0) is 9.53 Å². The van der Waals surface area contributed by atoms with Gasteiger partial charge in [-0.3, -0.25) is 4.79 Å². The van der Waals surface area contributed by atoms with Gasteiger partial charge in [-0.05, 0) is 26.2 Å². The average molecular weight is 272 g/mol. The van der Waals surface area contributed by atoms with Crippen LogP contribution in [0.15, 0.2) is 0 Å². The molecule has 0 radical (unpaired) electrons. The van der Waals surface area contributed by atoms with Crippen LogP contribution in [0, 0.1) is 0 Å². The summed E-state index contributed by atoms with van der Waals surface area (Å²) in [5.41, 5.74) is 0. The van der Waals surface area contributed by atoms with Gasteiger partial charge in [0.15, 0.2) is 0 Å². The first-order valence-electron chi connectivity index (χ1n) is 6.97. The molecule has 5 heteroatoms. The molecule has 0 aliphatic carbocycles. The third kappa shape index (κ3) is 4.14. The molecule has 2 aliphatic heterocycles. The summed E-state index contributed by atoms with van der Waals surface area (Å²) in [6.07, 6.45) is 3.99. The number of nitrogens with zero attached hydrogens (tertiary/aromatic N) is 1. The van der Waals surface area contributed by atoms with Crippen molar-refractivity contribution in [3.63, 3.8) is 0 Å². The summed E-state index contributed by atoms with van der Waals surface area (Å²) in [7, 11) is 0. The van der Waals surface area contributed by atoms with E-state index >= 15 is 0 Å². The van der Waals surface area contributed by atoms with Gasteiger partial charge in [0.2, 0.25) is 5.91 Å². The Morgan fingerprint density at radius 1 is 1.50 bits per heavy atom. The van der Waals surface area contributed by atoms with Gasteiger partial charge in [-0.1, -0.05) is 0 Å². The largest absolute Gasteiger partial charge is 0.377 e. The topological polar surface area (TPSA) is 41.6 Å². The summed E-state index contributed by atoms with van der Waals surface area (Å²) in [4.78, 5) is 14.1. The molecule has 1 N–H and O–H groups in total. The average Bonchev–Trinajstić information content (AvgIpc) is 2.40. The maximum absolute atomic E-state index is 12.1. The Hall–Kier alpha value is -0.260. The highest BCUT2D eigenvalue weighted by atomic mass is 32.2. The van der Waals surface area contributed by atoms with E-state index in [9.17, 15) is 4.79 Å². The van der Waals surface area contributed by atoms with E-state index in [0.717, 1.165) is 38.4 Å². The quantitative estimate of drug-likeness (QED) is 0.832. The van der Waals surface area contributed by atoms with Crippen LogP contribution in [0.25, 0.3) is 0 Å². The van der Waals surface area contributed by atoms with E-state index in [0.29, 0.717) is 17.9 Å². The highest BCUT2D eigenvalue weighted by Crippen LogP contribution is 2.17. The molecule has 2 heterocycles. The van der Waals surface area contributed by atoms with Crippen LogP contribution in [0.4, 0.5) is 0 Å². The van der Waals surface area contributed by atoms with Gasteiger partial charge in [0.1, 0.15) is 0 Å². The minimum Gasteiger partial charge on any atom is -0.377 e. The first-order valence-corrected chi connectivity index (χ1v) is 8.12. The van der Waals surface area contributed by atoms with Crippen molar-refractivity contribution in [1.82, 2.24) is 10.2 Å². The van der Waals surface area contributed by atoms with Crippen LogP contribution in [-0.4, -0.2) is 60.7 Å². The number of piperazine rings is 1. The normalized spacial score (nSPS) is 29.3. The van der Waals surface area contributed by atoms with Crippen molar-refractivity contribution < 1.29 is 9.53 Å². The lowest BCUT2D eigenvalue weighted by atomic mass is 10.1. The molecule has 2 saturated heterocycles. The van der Waals surface area contributed by atoms with Gasteiger partial charge in [-0.15, -0.1) is 11.8 Å². The highest BCUT2D eigenvalue weighted by Gasteiger charge is 2.23. The standard InChI is InChI=1S/C13H24N2O2S/c1-11-8-14-5-6-15(11)13(16)10-18-9-12-4-2-3-7-17-12/h11-12,14H,2-10H2,1H3/t11-,12?/m0/s1. The van der Waals surface area contributed by atoms with Crippen molar-refractivity contribution >= 4 is 17.7 Å². The van der Waals surface area contributed by atoms with Crippen molar-refractivity contribution in [2.24, 2.45) is 0 Å². The van der Waals surface area contributed by atoms with Crippen LogP contribution in [0.2, 0.25) is 0 Å². The molecule has 4 nitrogen and oxygen atoms in total. The predicted octanol–water partition coefficient (Wildman–Crippen LogP) is 1.11. The van der Waals surface area contributed by atoms with Crippen LogP contribution < -0.4 is 5.32 Å². The second-order valence-electron chi connectivity index (χ2n) is 5.14. The molecule has 0 bridgehead atoms. The number of hydrogen-bond acceptors (Lipinski definition) is 4. The van der Waals surface area contributed by atoms with Crippen molar-refractivity contribution in [2.45, 2.75) is 38.3 Å². The van der Waals surface area contributed by atoms with Crippen molar-refractivity contribution in [2.75, 3.05) is 37.7 Å². The van der Waals surface area contributed by atoms with Gasteiger partial charge in [-0.2, -0.15) is 0 Å². The molecular formula is C13H24N2O2S. The Morgan fingerprint density at radius 3 is 3.11 bits per heavy atom. The second-order valence-corrected chi connectivity index (χ2v) is 6.17. The van der Waals surface area contributed by atoms with Gasteiger partial charge in [0.25, 0.3) is 0 Å². The number of amides is 1. The zero-order valence-electron chi connectivity index (χ0n) is 11.2. The van der Waals surface area contributed by atoms with Crippen LogP contribution in [0.5, 0.6) is 0 Å². The summed E-state index contributed by atoms with van der Waals surface area (Å²) in [6, 6.07) is 0.331. The van der Waals surface area contributed by atoms with E-state index in [1.807, 2.05) is 4.90 Å². The molecule has 2 fully saturated rings. The third-order valence-corrected chi connectivity index (χ3v) is 4.68. The summed E-state index contributed by atoms with van der Waals surface area (Å²) in [5.74, 6) is 1.85. The molecule has 2 atom stereocenters. The fourth-order valence-electron chi connectivity index (χ4n) is 2.51. The Balaban J connectivity index is 1.64. The summed E-state index contributed by atoms with van der Waals surface area (Å²) in [5, 5.41) is 3.31. The lowest BCUT2D eigenvalue weighted by Crippen LogP contribution is -2.52.